The van der Waals surface area contributed by atoms with E-state index >= 15 is 0 Å². The molecule has 13 heteroatoms. The van der Waals surface area contributed by atoms with Crippen LogP contribution in [0.5, 0.6) is 11.5 Å². The van der Waals surface area contributed by atoms with Gasteiger partial charge in [-0.25, -0.2) is 13.9 Å². The van der Waals surface area contributed by atoms with Crippen LogP contribution in [0.4, 0.5) is 0 Å². The molecule has 1 aliphatic rings. The molecule has 1 aliphatic heterocycles. The zero-order valence-electron chi connectivity index (χ0n) is 21.4. The lowest BCUT2D eigenvalue weighted by Crippen LogP contribution is -2.63. The minimum absolute atomic E-state index is 0.0145. The van der Waals surface area contributed by atoms with Crippen LogP contribution in [-0.2, 0) is 30.8 Å². The molecule has 206 valence electrons. The molecule has 38 heavy (non-hydrogen) atoms. The molecule has 1 saturated heterocycles. The van der Waals surface area contributed by atoms with Crippen molar-refractivity contribution in [1.29, 1.82) is 0 Å². The van der Waals surface area contributed by atoms with E-state index in [1.807, 2.05) is 0 Å². The normalized spacial score (nSPS) is 17.6. The lowest BCUT2D eigenvalue weighted by Gasteiger charge is -2.40. The predicted octanol–water partition coefficient (Wildman–Crippen LogP) is 0.548. The molecule has 3 amide bonds. The summed E-state index contributed by atoms with van der Waals surface area (Å²) in [5.41, 5.74) is 2.36. The second kappa shape index (κ2) is 12.7. The van der Waals surface area contributed by atoms with E-state index in [1.54, 1.807) is 31.4 Å². The van der Waals surface area contributed by atoms with Gasteiger partial charge in [-0.1, -0.05) is 12.1 Å². The van der Waals surface area contributed by atoms with Gasteiger partial charge in [-0.3, -0.25) is 19.6 Å². The van der Waals surface area contributed by atoms with Crippen molar-refractivity contribution in [3.8, 4) is 11.5 Å². The topological polar surface area (TPSA) is 155 Å². The fourth-order valence-corrected chi connectivity index (χ4v) is 5.61. The van der Waals surface area contributed by atoms with Crippen LogP contribution >= 0.6 is 0 Å². The van der Waals surface area contributed by atoms with E-state index in [-0.39, 0.29) is 24.4 Å². The number of rotatable bonds is 11. The highest BCUT2D eigenvalue weighted by atomic mass is 32.2. The summed E-state index contributed by atoms with van der Waals surface area (Å²) < 4.78 is 38.6. The molecule has 12 nitrogen and oxygen atoms in total. The molecule has 1 fully saturated rings. The fraction of sp³-hybridized carbons (Fsp3) is 0.400. The van der Waals surface area contributed by atoms with E-state index in [9.17, 15) is 22.8 Å². The molecule has 3 rings (SSSR count). The molecule has 0 radical (unpaired) electrons. The molecule has 0 spiro atoms. The Morgan fingerprint density at radius 3 is 2.21 bits per heavy atom. The van der Waals surface area contributed by atoms with Crippen LogP contribution in [-0.4, -0.2) is 86.5 Å². The van der Waals surface area contributed by atoms with Crippen molar-refractivity contribution in [3.63, 3.8) is 0 Å². The number of hydrogen-bond acceptors (Lipinski definition) is 8. The fourth-order valence-electron chi connectivity index (χ4n) is 4.22. The van der Waals surface area contributed by atoms with Crippen LogP contribution in [0.3, 0.4) is 0 Å². The third-order valence-corrected chi connectivity index (χ3v) is 8.21. The standard InChI is InChI=1S/C25H32N4O8S/c1-17-25(32)26-15-19(14-23(30)27-33)29(17)24(31)16-28(13-12-18-4-6-20(36-2)7-5-18)38(34,35)22-10-8-21(37-3)9-11-22/h4-11,17,19,33H,12-16H2,1-3H3,(H,26,32)(H,27,30)/t17-,19?/m0/s1. The molecule has 2 aromatic rings. The van der Waals surface area contributed by atoms with E-state index in [2.05, 4.69) is 5.32 Å². The number of nitrogens with one attached hydrogen (secondary N) is 2. The molecule has 2 atom stereocenters. The molecule has 1 unspecified atom stereocenters. The summed E-state index contributed by atoms with van der Waals surface area (Å²) >= 11 is 0. The lowest BCUT2D eigenvalue weighted by molar-refractivity contribution is -0.148. The number of carbonyl (C=O) groups excluding carboxylic acids is 3. The molecule has 0 aromatic heterocycles. The highest BCUT2D eigenvalue weighted by Gasteiger charge is 2.39. The third kappa shape index (κ3) is 6.79. The Bertz CT molecular complexity index is 1240. The van der Waals surface area contributed by atoms with Gasteiger partial charge in [0.1, 0.15) is 17.5 Å². The van der Waals surface area contributed by atoms with Crippen LogP contribution < -0.4 is 20.3 Å². The van der Waals surface area contributed by atoms with Gasteiger partial charge in [-0.05, 0) is 55.3 Å². The van der Waals surface area contributed by atoms with Gasteiger partial charge in [0.2, 0.25) is 27.7 Å². The SMILES string of the molecule is COc1ccc(CCN(CC(=O)N2C(CC(=O)NO)CNC(=O)[C@@H]2C)S(=O)(=O)c2ccc(OC)cc2)cc1. The van der Waals surface area contributed by atoms with Crippen molar-refractivity contribution in [1.82, 2.24) is 20.0 Å². The first-order valence-electron chi connectivity index (χ1n) is 11.9. The van der Waals surface area contributed by atoms with Gasteiger partial charge < -0.3 is 19.7 Å². The van der Waals surface area contributed by atoms with Crippen LogP contribution in [0.1, 0.15) is 18.9 Å². The van der Waals surface area contributed by atoms with Crippen LogP contribution in [0.25, 0.3) is 0 Å². The number of benzene rings is 2. The molecule has 0 bridgehead atoms. The zero-order valence-corrected chi connectivity index (χ0v) is 22.2. The summed E-state index contributed by atoms with van der Waals surface area (Å²) in [5.74, 6) is -0.681. The first kappa shape index (κ1) is 28.9. The molecule has 2 aromatic carbocycles. The highest BCUT2D eigenvalue weighted by molar-refractivity contribution is 7.89. The Balaban J connectivity index is 1.90. The smallest absolute Gasteiger partial charge is 0.245 e. The summed E-state index contributed by atoms with van der Waals surface area (Å²) in [5, 5.41) is 11.6. The summed E-state index contributed by atoms with van der Waals surface area (Å²) in [6.07, 6.45) is 0.0307. The number of amides is 3. The lowest BCUT2D eigenvalue weighted by atomic mass is 10.0. The quantitative estimate of drug-likeness (QED) is 0.272. The maximum Gasteiger partial charge on any atom is 0.245 e. The Hall–Kier alpha value is -3.68. The van der Waals surface area contributed by atoms with Crippen LogP contribution in [0.15, 0.2) is 53.4 Å². The van der Waals surface area contributed by atoms with E-state index < -0.39 is 46.4 Å². The van der Waals surface area contributed by atoms with Crippen molar-refractivity contribution in [2.45, 2.75) is 36.7 Å². The summed E-state index contributed by atoms with van der Waals surface area (Å²) in [6.45, 7) is 0.900. The maximum atomic E-state index is 13.6. The average Bonchev–Trinajstić information content (AvgIpc) is 2.93. The second-order valence-electron chi connectivity index (χ2n) is 8.73. The third-order valence-electron chi connectivity index (χ3n) is 6.35. The molecule has 1 heterocycles. The van der Waals surface area contributed by atoms with Crippen molar-refractivity contribution < 1.29 is 37.5 Å². The van der Waals surface area contributed by atoms with Crippen LogP contribution in [0, 0.1) is 0 Å². The Morgan fingerprint density at radius 2 is 1.66 bits per heavy atom. The van der Waals surface area contributed by atoms with E-state index in [0.29, 0.717) is 17.9 Å². The Morgan fingerprint density at radius 1 is 1.08 bits per heavy atom. The number of ether oxygens (including phenoxy) is 2. The summed E-state index contributed by atoms with van der Waals surface area (Å²) in [7, 11) is -1.12. The van der Waals surface area contributed by atoms with Crippen LogP contribution in [0.2, 0.25) is 0 Å². The molecular weight excluding hydrogens is 516 g/mol. The second-order valence-corrected chi connectivity index (χ2v) is 10.7. The molecule has 3 N–H and O–H groups in total. The van der Waals surface area contributed by atoms with Gasteiger partial charge in [0.25, 0.3) is 0 Å². The van der Waals surface area contributed by atoms with E-state index in [0.717, 1.165) is 9.87 Å². The Labute approximate surface area is 221 Å². The average molecular weight is 549 g/mol. The monoisotopic (exact) mass is 548 g/mol. The molecule has 0 aliphatic carbocycles. The van der Waals surface area contributed by atoms with Crippen molar-refractivity contribution in [2.24, 2.45) is 0 Å². The number of sulfonamides is 1. The first-order chi connectivity index (χ1) is 18.1. The van der Waals surface area contributed by atoms with E-state index in [4.69, 9.17) is 14.7 Å². The zero-order chi connectivity index (χ0) is 27.9. The summed E-state index contributed by atoms with van der Waals surface area (Å²) in [4.78, 5) is 38.9. The van der Waals surface area contributed by atoms with Crippen molar-refractivity contribution in [2.75, 3.05) is 33.9 Å². The number of hydrogen-bond donors (Lipinski definition) is 3. The van der Waals surface area contributed by atoms with Gasteiger partial charge in [0, 0.05) is 13.1 Å². The number of hydroxylamine groups is 1. The summed E-state index contributed by atoms with van der Waals surface area (Å²) in [6, 6.07) is 11.2. The largest absolute Gasteiger partial charge is 0.497 e. The number of methoxy groups -OCH3 is 2. The first-order valence-corrected chi connectivity index (χ1v) is 13.3. The van der Waals surface area contributed by atoms with Gasteiger partial charge in [-0.15, -0.1) is 0 Å². The number of nitrogens with zero attached hydrogens (tertiary/aromatic N) is 2. The predicted molar refractivity (Wildman–Crippen MR) is 136 cm³/mol. The van der Waals surface area contributed by atoms with Gasteiger partial charge in [-0.2, -0.15) is 4.31 Å². The van der Waals surface area contributed by atoms with Crippen molar-refractivity contribution >= 4 is 27.7 Å². The van der Waals surface area contributed by atoms with E-state index in [1.165, 1.54) is 48.7 Å². The maximum absolute atomic E-state index is 13.6. The molecule has 0 saturated carbocycles. The van der Waals surface area contributed by atoms with Gasteiger partial charge in [0.05, 0.1) is 38.1 Å². The highest BCUT2D eigenvalue weighted by Crippen LogP contribution is 2.22. The number of piperazine rings is 1. The van der Waals surface area contributed by atoms with Gasteiger partial charge >= 0.3 is 0 Å². The molecular formula is C25H32N4O8S. The minimum Gasteiger partial charge on any atom is -0.497 e. The van der Waals surface area contributed by atoms with Gasteiger partial charge in [0.15, 0.2) is 0 Å². The minimum atomic E-state index is -4.13. The van der Waals surface area contributed by atoms with Crippen molar-refractivity contribution in [3.05, 3.63) is 54.1 Å². The Kier molecular flexibility index (Phi) is 9.66. The number of carbonyl (C=O) groups is 3.